The largest absolute Gasteiger partial charge is 0.365 e. The first-order chi connectivity index (χ1) is 7.65. The third-order valence-electron chi connectivity index (χ3n) is 2.17. The van der Waals surface area contributed by atoms with Gasteiger partial charge in [-0.1, -0.05) is 23.7 Å². The zero-order chi connectivity index (χ0) is 11.5. The Balaban J connectivity index is 2.17. The topological polar surface area (TPSA) is 43.1 Å². The number of hydrogen-bond acceptors (Lipinski definition) is 2. The molecule has 1 amide bonds. The van der Waals surface area contributed by atoms with Gasteiger partial charge in [-0.15, -0.1) is 11.3 Å². The number of rotatable bonds is 3. The Labute approximate surface area is 103 Å². The van der Waals surface area contributed by atoms with Gasteiger partial charge in [0.05, 0.1) is 4.88 Å². The van der Waals surface area contributed by atoms with Gasteiger partial charge >= 0.3 is 0 Å². The molecule has 0 aliphatic heterocycles. The van der Waals surface area contributed by atoms with E-state index in [4.69, 9.17) is 17.3 Å². The van der Waals surface area contributed by atoms with E-state index < -0.39 is 0 Å². The Bertz CT molecular complexity index is 521. The molecule has 0 saturated heterocycles. The number of benzene rings is 1. The highest BCUT2D eigenvalue weighted by molar-refractivity contribution is 7.14. The molecule has 0 atom stereocenters. The first-order valence-electron chi connectivity index (χ1n) is 4.78. The lowest BCUT2D eigenvalue weighted by molar-refractivity contribution is 0.100. The van der Waals surface area contributed by atoms with E-state index in [1.54, 1.807) is 6.07 Å². The fourth-order valence-electron chi connectivity index (χ4n) is 1.45. The average Bonchev–Trinajstić information content (AvgIpc) is 2.66. The molecule has 2 rings (SSSR count). The van der Waals surface area contributed by atoms with Gasteiger partial charge in [-0.05, 0) is 29.8 Å². The Morgan fingerprint density at radius 2 is 2.12 bits per heavy atom. The van der Waals surface area contributed by atoms with Gasteiger partial charge in [0.15, 0.2) is 0 Å². The van der Waals surface area contributed by atoms with Gasteiger partial charge in [-0.3, -0.25) is 4.79 Å². The highest BCUT2D eigenvalue weighted by Crippen LogP contribution is 2.21. The van der Waals surface area contributed by atoms with Gasteiger partial charge in [-0.25, -0.2) is 0 Å². The fourth-order valence-corrected chi connectivity index (χ4v) is 2.56. The quantitative estimate of drug-likeness (QED) is 0.895. The average molecular weight is 252 g/mol. The van der Waals surface area contributed by atoms with E-state index >= 15 is 0 Å². The van der Waals surface area contributed by atoms with E-state index in [9.17, 15) is 4.79 Å². The van der Waals surface area contributed by atoms with E-state index in [2.05, 4.69) is 0 Å². The monoisotopic (exact) mass is 251 g/mol. The molecule has 0 spiro atoms. The van der Waals surface area contributed by atoms with Crippen molar-refractivity contribution in [2.24, 2.45) is 5.73 Å². The molecule has 2 nitrogen and oxygen atoms in total. The predicted molar refractivity (Wildman–Crippen MR) is 67.1 cm³/mol. The summed E-state index contributed by atoms with van der Waals surface area (Å²) >= 11 is 7.32. The van der Waals surface area contributed by atoms with Crippen molar-refractivity contribution in [3.63, 3.8) is 0 Å². The second-order valence-electron chi connectivity index (χ2n) is 3.44. The molecule has 0 radical (unpaired) electrons. The molecule has 1 aromatic heterocycles. The lowest BCUT2D eigenvalue weighted by Crippen LogP contribution is -2.08. The van der Waals surface area contributed by atoms with Crippen LogP contribution in [0.25, 0.3) is 0 Å². The first-order valence-corrected chi connectivity index (χ1v) is 5.97. The van der Waals surface area contributed by atoms with Crippen molar-refractivity contribution in [3.8, 4) is 0 Å². The highest BCUT2D eigenvalue weighted by Gasteiger charge is 2.05. The summed E-state index contributed by atoms with van der Waals surface area (Å²) in [6.07, 6.45) is 0.776. The molecule has 1 aromatic carbocycles. The summed E-state index contributed by atoms with van der Waals surface area (Å²) in [5.74, 6) is -0.373. The Kier molecular flexibility index (Phi) is 3.27. The first kappa shape index (κ1) is 11.2. The van der Waals surface area contributed by atoms with E-state index in [-0.39, 0.29) is 5.91 Å². The number of carbonyl (C=O) groups is 1. The maximum Gasteiger partial charge on any atom is 0.258 e. The summed E-state index contributed by atoms with van der Waals surface area (Å²) in [4.78, 5) is 12.6. The molecule has 4 heteroatoms. The van der Waals surface area contributed by atoms with Crippen molar-refractivity contribution in [3.05, 3.63) is 56.7 Å². The molecule has 1 heterocycles. The maximum atomic E-state index is 10.9. The summed E-state index contributed by atoms with van der Waals surface area (Å²) in [6.45, 7) is 0. The lowest BCUT2D eigenvalue weighted by Gasteiger charge is -1.98. The van der Waals surface area contributed by atoms with Crippen LogP contribution in [0.1, 0.15) is 20.1 Å². The number of nitrogens with two attached hydrogens (primary N) is 1. The molecular weight excluding hydrogens is 242 g/mol. The molecule has 16 heavy (non-hydrogen) atoms. The lowest BCUT2D eigenvalue weighted by atomic mass is 10.1. The fraction of sp³-hybridized carbons (Fsp3) is 0.0833. The van der Waals surface area contributed by atoms with Gasteiger partial charge in [0, 0.05) is 16.3 Å². The normalized spacial score (nSPS) is 10.3. The number of halogens is 1. The van der Waals surface area contributed by atoms with Crippen LogP contribution in [0.3, 0.4) is 0 Å². The van der Waals surface area contributed by atoms with Crippen molar-refractivity contribution in [2.45, 2.75) is 6.42 Å². The van der Waals surface area contributed by atoms with E-state index in [1.807, 2.05) is 30.3 Å². The molecule has 0 aliphatic rings. The number of carbonyl (C=O) groups excluding carboxylic acids is 1. The maximum absolute atomic E-state index is 10.9. The van der Waals surface area contributed by atoms with E-state index in [1.165, 1.54) is 11.3 Å². The second kappa shape index (κ2) is 4.68. The van der Waals surface area contributed by atoms with Gasteiger partial charge in [-0.2, -0.15) is 0 Å². The van der Waals surface area contributed by atoms with Crippen molar-refractivity contribution in [1.29, 1.82) is 0 Å². The van der Waals surface area contributed by atoms with Crippen LogP contribution in [0.5, 0.6) is 0 Å². The SMILES string of the molecule is NC(=O)c1ccc(Cc2cccc(Cl)c2)s1. The van der Waals surface area contributed by atoms with Crippen LogP contribution in [0.4, 0.5) is 0 Å². The van der Waals surface area contributed by atoms with E-state index in [0.29, 0.717) is 4.88 Å². The number of thiophene rings is 1. The zero-order valence-electron chi connectivity index (χ0n) is 8.44. The molecule has 0 saturated carbocycles. The predicted octanol–water partition coefficient (Wildman–Crippen LogP) is 3.09. The third kappa shape index (κ3) is 2.62. The van der Waals surface area contributed by atoms with Crippen LogP contribution in [-0.2, 0) is 6.42 Å². The molecule has 82 valence electrons. The van der Waals surface area contributed by atoms with Crippen LogP contribution in [0.15, 0.2) is 36.4 Å². The summed E-state index contributed by atoms with van der Waals surface area (Å²) in [5, 5.41) is 0.726. The summed E-state index contributed by atoms with van der Waals surface area (Å²) in [6, 6.07) is 11.4. The van der Waals surface area contributed by atoms with Crippen molar-refractivity contribution in [1.82, 2.24) is 0 Å². The van der Waals surface area contributed by atoms with Crippen molar-refractivity contribution < 1.29 is 4.79 Å². The minimum Gasteiger partial charge on any atom is -0.365 e. The molecule has 0 aliphatic carbocycles. The minimum atomic E-state index is -0.373. The number of amides is 1. The van der Waals surface area contributed by atoms with Crippen LogP contribution in [-0.4, -0.2) is 5.91 Å². The van der Waals surface area contributed by atoms with Crippen molar-refractivity contribution >= 4 is 28.8 Å². The number of hydrogen-bond donors (Lipinski definition) is 1. The molecule has 0 unspecified atom stereocenters. The van der Waals surface area contributed by atoms with Crippen LogP contribution in [0.2, 0.25) is 5.02 Å². The smallest absolute Gasteiger partial charge is 0.258 e. The zero-order valence-corrected chi connectivity index (χ0v) is 10.0. The summed E-state index contributed by atoms with van der Waals surface area (Å²) in [7, 11) is 0. The standard InChI is InChI=1S/C12H10ClNOS/c13-9-3-1-2-8(6-9)7-10-4-5-11(16-10)12(14)15/h1-6H,7H2,(H2,14,15). The molecule has 0 fully saturated rings. The Morgan fingerprint density at radius 3 is 2.75 bits per heavy atom. The highest BCUT2D eigenvalue weighted by atomic mass is 35.5. The minimum absolute atomic E-state index is 0.373. The Morgan fingerprint density at radius 1 is 1.31 bits per heavy atom. The van der Waals surface area contributed by atoms with Gasteiger partial charge in [0.25, 0.3) is 5.91 Å². The number of primary amides is 1. The molecule has 0 bridgehead atoms. The second-order valence-corrected chi connectivity index (χ2v) is 5.04. The van der Waals surface area contributed by atoms with Crippen LogP contribution >= 0.6 is 22.9 Å². The molecular formula is C12H10ClNOS. The summed E-state index contributed by atoms with van der Waals surface area (Å²) < 4.78 is 0. The van der Waals surface area contributed by atoms with Gasteiger partial charge < -0.3 is 5.73 Å². The molecule has 2 N–H and O–H groups in total. The van der Waals surface area contributed by atoms with Gasteiger partial charge in [0.1, 0.15) is 0 Å². The van der Waals surface area contributed by atoms with Crippen LogP contribution in [0, 0.1) is 0 Å². The third-order valence-corrected chi connectivity index (χ3v) is 3.51. The Hall–Kier alpha value is -1.32. The molecule has 2 aromatic rings. The van der Waals surface area contributed by atoms with Crippen molar-refractivity contribution in [2.75, 3.05) is 0 Å². The van der Waals surface area contributed by atoms with E-state index in [0.717, 1.165) is 21.9 Å². The van der Waals surface area contributed by atoms with Crippen LogP contribution < -0.4 is 5.73 Å². The van der Waals surface area contributed by atoms with Gasteiger partial charge in [0.2, 0.25) is 0 Å². The summed E-state index contributed by atoms with van der Waals surface area (Å²) in [5.41, 5.74) is 6.32.